The summed E-state index contributed by atoms with van der Waals surface area (Å²) in [4.78, 5) is 0. The van der Waals surface area contributed by atoms with Gasteiger partial charge in [-0.3, -0.25) is 0 Å². The lowest BCUT2D eigenvalue weighted by atomic mass is 9.94. The summed E-state index contributed by atoms with van der Waals surface area (Å²) in [5.41, 5.74) is 0. The van der Waals surface area contributed by atoms with Crippen LogP contribution in [-0.2, 0) is 13.3 Å². The van der Waals surface area contributed by atoms with Gasteiger partial charge in [0.15, 0.2) is 0 Å². The Labute approximate surface area is 156 Å². The van der Waals surface area contributed by atoms with E-state index in [9.17, 15) is 43.9 Å². The smallest absolute Gasteiger partial charge is 0.374 e. The highest BCUT2D eigenvalue weighted by Gasteiger charge is 2.85. The molecule has 0 N–H and O–H groups in total. The molecule has 14 heteroatoms. The lowest BCUT2D eigenvalue weighted by molar-refractivity contribution is -0.399. The minimum atomic E-state index is -7.05. The fourth-order valence-electron chi connectivity index (χ4n) is 2.17. The molecule has 0 rings (SSSR count). The van der Waals surface area contributed by atoms with Crippen LogP contribution in [0.3, 0.4) is 0 Å². The van der Waals surface area contributed by atoms with Crippen LogP contribution in [0.2, 0.25) is 6.04 Å². The normalized spacial score (nSPS) is 15.2. The largest absolute Gasteiger partial charge is 0.501 e. The molecule has 0 spiro atoms. The Kier molecular flexibility index (Phi) is 8.85. The highest BCUT2D eigenvalue weighted by molar-refractivity contribution is 6.60. The fourth-order valence-corrected chi connectivity index (χ4v) is 4.79. The molecule has 0 amide bonds. The SMILES string of the molecule is CCO[Si](CCC(F)(F)C(F)(F)C(F)(F)C(F)(F)C(C)(F)F)(OCC)OCC. The van der Waals surface area contributed by atoms with Gasteiger partial charge in [-0.1, -0.05) is 0 Å². The summed E-state index contributed by atoms with van der Waals surface area (Å²) in [6.45, 7) is 2.92. The average Bonchev–Trinajstić information content (AvgIpc) is 2.52. The first-order valence-corrected chi connectivity index (χ1v) is 10.1. The molecule has 0 aromatic carbocycles. The van der Waals surface area contributed by atoms with E-state index in [1.807, 2.05) is 0 Å². The van der Waals surface area contributed by atoms with Crippen LogP contribution in [0.5, 0.6) is 0 Å². The molecule has 3 nitrogen and oxygen atoms in total. The minimum Gasteiger partial charge on any atom is -0.374 e. The summed E-state index contributed by atoms with van der Waals surface area (Å²) in [6.07, 6.45) is -2.12. The van der Waals surface area contributed by atoms with Crippen LogP contribution in [0, 0.1) is 0 Å². The van der Waals surface area contributed by atoms with Crippen molar-refractivity contribution in [3.05, 3.63) is 0 Å². The second kappa shape index (κ2) is 9.04. The number of hydrogen-bond acceptors (Lipinski definition) is 3. The Bertz CT molecular complexity index is 479. The van der Waals surface area contributed by atoms with Gasteiger partial charge in [0.2, 0.25) is 0 Å². The highest BCUT2D eigenvalue weighted by atomic mass is 28.4. The van der Waals surface area contributed by atoms with Crippen LogP contribution in [0.1, 0.15) is 34.1 Å². The van der Waals surface area contributed by atoms with E-state index in [2.05, 4.69) is 0 Å². The Morgan fingerprint density at radius 3 is 1.25 bits per heavy atom. The van der Waals surface area contributed by atoms with Gasteiger partial charge in [0.1, 0.15) is 0 Å². The Morgan fingerprint density at radius 1 is 0.607 bits per heavy atom. The van der Waals surface area contributed by atoms with Crippen LogP contribution < -0.4 is 0 Å². The van der Waals surface area contributed by atoms with Crippen molar-refractivity contribution in [2.75, 3.05) is 19.8 Å². The second-order valence-corrected chi connectivity index (χ2v) is 8.53. The van der Waals surface area contributed by atoms with Crippen molar-refractivity contribution in [3.8, 4) is 0 Å². The summed E-state index contributed by atoms with van der Waals surface area (Å²) < 4.78 is 149. The van der Waals surface area contributed by atoms with Crippen LogP contribution in [0.4, 0.5) is 43.9 Å². The highest BCUT2D eigenvalue weighted by Crippen LogP contribution is 2.57. The van der Waals surface area contributed by atoms with Crippen LogP contribution in [0.25, 0.3) is 0 Å². The molecule has 0 aliphatic heterocycles. The zero-order valence-electron chi connectivity index (χ0n) is 15.5. The van der Waals surface area contributed by atoms with E-state index in [1.54, 1.807) is 0 Å². The van der Waals surface area contributed by atoms with Gasteiger partial charge >= 0.3 is 38.4 Å². The van der Waals surface area contributed by atoms with E-state index in [0.717, 1.165) is 0 Å². The van der Waals surface area contributed by atoms with Crippen molar-refractivity contribution in [1.29, 1.82) is 0 Å². The topological polar surface area (TPSA) is 27.7 Å². The zero-order chi connectivity index (χ0) is 22.7. The lowest BCUT2D eigenvalue weighted by Crippen LogP contribution is -2.66. The minimum absolute atomic E-state index is 0.162. The van der Waals surface area contributed by atoms with Gasteiger partial charge in [-0.05, 0) is 20.8 Å². The van der Waals surface area contributed by atoms with E-state index < -0.39 is 57.8 Å². The van der Waals surface area contributed by atoms with Gasteiger partial charge in [0.05, 0.1) is 0 Å². The summed E-state index contributed by atoms with van der Waals surface area (Å²) >= 11 is 0. The molecule has 0 atom stereocenters. The van der Waals surface area contributed by atoms with Crippen molar-refractivity contribution in [2.24, 2.45) is 0 Å². The second-order valence-electron chi connectivity index (χ2n) is 5.80. The van der Waals surface area contributed by atoms with Crippen molar-refractivity contribution in [1.82, 2.24) is 0 Å². The predicted octanol–water partition coefficient (Wildman–Crippen LogP) is 5.62. The molecule has 0 fully saturated rings. The Morgan fingerprint density at radius 2 is 0.964 bits per heavy atom. The molecule has 0 heterocycles. The third-order valence-corrected chi connectivity index (χ3v) is 6.69. The van der Waals surface area contributed by atoms with Gasteiger partial charge in [-0.25, -0.2) is 0 Å². The van der Waals surface area contributed by atoms with Gasteiger partial charge in [0.25, 0.3) is 0 Å². The third-order valence-electron chi connectivity index (χ3n) is 3.64. The lowest BCUT2D eigenvalue weighted by Gasteiger charge is -2.39. The maximum absolute atomic E-state index is 13.9. The molecule has 0 aliphatic rings. The number of rotatable bonds is 13. The molecule has 0 saturated carbocycles. The number of halogens is 10. The number of hydrogen-bond donors (Lipinski definition) is 0. The first-order valence-electron chi connectivity index (χ1n) is 8.20. The molecule has 0 aromatic heterocycles. The molecule has 170 valence electrons. The zero-order valence-corrected chi connectivity index (χ0v) is 16.5. The molecule has 0 aromatic rings. The van der Waals surface area contributed by atoms with E-state index in [4.69, 9.17) is 13.3 Å². The van der Waals surface area contributed by atoms with E-state index in [1.165, 1.54) is 20.8 Å². The van der Waals surface area contributed by atoms with Crippen molar-refractivity contribution in [2.45, 2.75) is 69.8 Å². The monoisotopic (exact) mass is 456 g/mol. The summed E-state index contributed by atoms with van der Waals surface area (Å²) in [7, 11) is -4.02. The summed E-state index contributed by atoms with van der Waals surface area (Å²) in [6, 6.07) is -1.13. The quantitative estimate of drug-likeness (QED) is 0.266. The van der Waals surface area contributed by atoms with Crippen LogP contribution in [-0.4, -0.2) is 58.2 Å². The molecular weight excluding hydrogens is 434 g/mol. The number of alkyl halides is 10. The average molecular weight is 456 g/mol. The molecule has 0 bridgehead atoms. The molecule has 0 radical (unpaired) electrons. The Hall–Kier alpha value is -0.603. The first kappa shape index (κ1) is 27.4. The fraction of sp³-hybridized carbons (Fsp3) is 1.00. The van der Waals surface area contributed by atoms with E-state index in [0.29, 0.717) is 0 Å². The van der Waals surface area contributed by atoms with Gasteiger partial charge < -0.3 is 13.3 Å². The van der Waals surface area contributed by atoms with E-state index in [-0.39, 0.29) is 19.8 Å². The summed E-state index contributed by atoms with van der Waals surface area (Å²) in [5, 5.41) is 0. The van der Waals surface area contributed by atoms with Crippen LogP contribution >= 0.6 is 0 Å². The maximum Gasteiger partial charge on any atom is 0.501 e. The first-order chi connectivity index (χ1) is 12.4. The molecular formula is C14H22F10O3Si. The van der Waals surface area contributed by atoms with Crippen molar-refractivity contribution < 1.29 is 57.2 Å². The standard InChI is InChI=1S/C14H22F10O3Si/c1-5-25-28(26-6-2,27-7-3)9-8-11(17,18)13(21,22)14(23,24)12(19,20)10(4,15)16/h5-9H2,1-4H3. The molecule has 0 aliphatic carbocycles. The van der Waals surface area contributed by atoms with Crippen molar-refractivity contribution in [3.63, 3.8) is 0 Å². The molecule has 0 unspecified atom stereocenters. The summed E-state index contributed by atoms with van der Waals surface area (Å²) in [5.74, 6) is -32.1. The van der Waals surface area contributed by atoms with Crippen LogP contribution in [0.15, 0.2) is 0 Å². The van der Waals surface area contributed by atoms with Gasteiger partial charge in [-0.2, -0.15) is 43.9 Å². The predicted molar refractivity (Wildman–Crippen MR) is 80.5 cm³/mol. The molecule has 0 saturated heterocycles. The van der Waals surface area contributed by atoms with E-state index >= 15 is 0 Å². The van der Waals surface area contributed by atoms with Crippen molar-refractivity contribution >= 4 is 8.80 Å². The Balaban J connectivity index is 5.83. The third kappa shape index (κ3) is 5.11. The van der Waals surface area contributed by atoms with Gasteiger partial charge in [0, 0.05) is 39.2 Å². The van der Waals surface area contributed by atoms with Gasteiger partial charge in [-0.15, -0.1) is 0 Å². The molecule has 28 heavy (non-hydrogen) atoms. The maximum atomic E-state index is 13.9.